The van der Waals surface area contributed by atoms with Crippen LogP contribution in [0, 0.1) is 12.8 Å². The van der Waals surface area contributed by atoms with Gasteiger partial charge in [-0.25, -0.2) is 0 Å². The topological polar surface area (TPSA) is 26.3 Å². The van der Waals surface area contributed by atoms with E-state index in [9.17, 15) is 4.55 Å². The molecule has 0 amide bonds. The molecular formula is C19H31NOS. The highest BCUT2D eigenvalue weighted by molar-refractivity contribution is 7.91. The number of hydrogen-bond acceptors (Lipinski definition) is 2. The third-order valence-electron chi connectivity index (χ3n) is 4.82. The van der Waals surface area contributed by atoms with E-state index in [1.807, 2.05) is 31.2 Å². The van der Waals surface area contributed by atoms with Crippen molar-refractivity contribution in [2.75, 3.05) is 25.4 Å². The highest BCUT2D eigenvalue weighted by Gasteiger charge is 2.19. The average Bonchev–Trinajstić information content (AvgIpc) is 2.54. The average molecular weight is 322 g/mol. The van der Waals surface area contributed by atoms with Gasteiger partial charge in [0, 0.05) is 18.5 Å². The highest BCUT2D eigenvalue weighted by Crippen LogP contribution is 2.23. The quantitative estimate of drug-likeness (QED) is 0.664. The van der Waals surface area contributed by atoms with Crippen LogP contribution in [-0.2, 0) is 11.2 Å². The third-order valence-corrected chi connectivity index (χ3v) is 6.42. The van der Waals surface area contributed by atoms with E-state index in [1.165, 1.54) is 45.2 Å². The Bertz CT molecular complexity index is 429. The van der Waals surface area contributed by atoms with Gasteiger partial charge in [0.05, 0.1) is 0 Å². The summed E-state index contributed by atoms with van der Waals surface area (Å²) in [4.78, 5) is 3.58. The molecule has 22 heavy (non-hydrogen) atoms. The van der Waals surface area contributed by atoms with Crippen molar-refractivity contribution in [1.82, 2.24) is 4.90 Å². The van der Waals surface area contributed by atoms with Gasteiger partial charge in [0.15, 0.2) is 4.90 Å². The molecule has 3 heteroatoms. The Hall–Kier alpha value is -0.510. The van der Waals surface area contributed by atoms with Crippen molar-refractivity contribution < 1.29 is 4.55 Å². The van der Waals surface area contributed by atoms with Crippen LogP contribution in [0.2, 0.25) is 0 Å². The minimum absolute atomic E-state index is 0.792. The first-order chi connectivity index (χ1) is 10.7. The maximum absolute atomic E-state index is 12.4. The molecule has 1 heterocycles. The summed E-state index contributed by atoms with van der Waals surface area (Å²) in [5, 5.41) is 0. The van der Waals surface area contributed by atoms with Crippen molar-refractivity contribution >= 4 is 11.2 Å². The first kappa shape index (κ1) is 17.8. The molecular weight excluding hydrogens is 290 g/mol. The molecule has 2 rings (SSSR count). The van der Waals surface area contributed by atoms with Crippen LogP contribution in [0.5, 0.6) is 0 Å². The first-order valence-corrected chi connectivity index (χ1v) is 10.2. The zero-order valence-corrected chi connectivity index (χ0v) is 15.0. The Morgan fingerprint density at radius 3 is 2.59 bits per heavy atom. The Balaban J connectivity index is 1.64. The summed E-state index contributed by atoms with van der Waals surface area (Å²) >= 11 is -0.837. The molecule has 1 unspecified atom stereocenters. The number of unbranched alkanes of at least 4 members (excludes halogenated alkanes) is 1. The fraction of sp³-hybridized carbons (Fsp3) is 0.684. The van der Waals surface area contributed by atoms with E-state index >= 15 is 0 Å². The lowest BCUT2D eigenvalue weighted by Gasteiger charge is -2.31. The Kier molecular flexibility index (Phi) is 7.77. The van der Waals surface area contributed by atoms with Crippen LogP contribution in [0.25, 0.3) is 0 Å². The second-order valence-corrected chi connectivity index (χ2v) is 8.14. The van der Waals surface area contributed by atoms with Crippen LogP contribution in [-0.4, -0.2) is 34.8 Å². The van der Waals surface area contributed by atoms with Gasteiger partial charge < -0.3 is 9.45 Å². The van der Waals surface area contributed by atoms with Gasteiger partial charge >= 0.3 is 0 Å². The summed E-state index contributed by atoms with van der Waals surface area (Å²) < 4.78 is 12.4. The molecule has 1 aromatic carbocycles. The molecule has 2 nitrogen and oxygen atoms in total. The van der Waals surface area contributed by atoms with Crippen LogP contribution < -0.4 is 0 Å². The lowest BCUT2D eigenvalue weighted by molar-refractivity contribution is 0.178. The molecule has 1 aliphatic rings. The number of aryl methyl sites for hydroxylation is 1. The molecule has 0 saturated carbocycles. The van der Waals surface area contributed by atoms with Gasteiger partial charge in [0.2, 0.25) is 0 Å². The summed E-state index contributed by atoms with van der Waals surface area (Å²) in [6.07, 6.45) is 7.90. The van der Waals surface area contributed by atoms with Gasteiger partial charge in [-0.1, -0.05) is 44.4 Å². The zero-order valence-electron chi connectivity index (χ0n) is 14.2. The third kappa shape index (κ3) is 5.60. The summed E-state index contributed by atoms with van der Waals surface area (Å²) in [6, 6.07) is 8.05. The van der Waals surface area contributed by atoms with Crippen molar-refractivity contribution in [2.24, 2.45) is 5.92 Å². The lowest BCUT2D eigenvalue weighted by Crippen LogP contribution is -2.35. The van der Waals surface area contributed by atoms with E-state index in [-0.39, 0.29) is 0 Å². The fourth-order valence-electron chi connectivity index (χ4n) is 3.33. The molecule has 1 fully saturated rings. The predicted molar refractivity (Wildman–Crippen MR) is 95.8 cm³/mol. The van der Waals surface area contributed by atoms with Crippen molar-refractivity contribution in [1.29, 1.82) is 0 Å². The Morgan fingerprint density at radius 1 is 1.18 bits per heavy atom. The van der Waals surface area contributed by atoms with Gasteiger partial charge in [-0.15, -0.1) is 0 Å². The molecule has 0 N–H and O–H groups in total. The van der Waals surface area contributed by atoms with Gasteiger partial charge in [0.1, 0.15) is 5.75 Å². The van der Waals surface area contributed by atoms with Crippen molar-refractivity contribution in [3.05, 3.63) is 29.8 Å². The monoisotopic (exact) mass is 321 g/mol. The van der Waals surface area contributed by atoms with Crippen LogP contribution in [0.15, 0.2) is 29.2 Å². The maximum Gasteiger partial charge on any atom is 0.155 e. The van der Waals surface area contributed by atoms with E-state index < -0.39 is 11.2 Å². The number of likely N-dealkylation sites (tertiary alicyclic amines) is 1. The number of rotatable bonds is 8. The van der Waals surface area contributed by atoms with E-state index in [4.69, 9.17) is 0 Å². The van der Waals surface area contributed by atoms with Gasteiger partial charge in [0.25, 0.3) is 0 Å². The molecule has 124 valence electrons. The second kappa shape index (κ2) is 9.59. The minimum atomic E-state index is -0.837. The number of nitrogens with zero attached hydrogens (tertiary/aromatic N) is 1. The number of benzene rings is 1. The van der Waals surface area contributed by atoms with Crippen molar-refractivity contribution in [2.45, 2.75) is 57.3 Å². The molecule has 0 radical (unpaired) electrons. The Labute approximate surface area is 139 Å². The summed E-state index contributed by atoms with van der Waals surface area (Å²) in [5.74, 6) is 1.75. The predicted octanol–water partition coefficient (Wildman–Crippen LogP) is 4.39. The molecule has 1 aliphatic heterocycles. The number of piperidine rings is 1. The lowest BCUT2D eigenvalue weighted by atomic mass is 9.92. The van der Waals surface area contributed by atoms with Crippen LogP contribution in [0.4, 0.5) is 0 Å². The largest absolute Gasteiger partial charge is 0.611 e. The van der Waals surface area contributed by atoms with E-state index in [0.717, 1.165) is 35.1 Å². The normalized spacial score (nSPS) is 18.5. The molecule has 1 saturated heterocycles. The fourth-order valence-corrected chi connectivity index (χ4v) is 4.60. The standard InChI is InChI=1S/C19H31NOS/c1-3-4-9-18-11-14-20(15-12-18)13-7-16-22(21)19-10-6-5-8-17(19)2/h5-6,8,10,18H,3-4,7,9,11-16H2,1-2H3. The van der Waals surface area contributed by atoms with Gasteiger partial charge in [-0.2, -0.15) is 0 Å². The van der Waals surface area contributed by atoms with Crippen molar-refractivity contribution in [3.8, 4) is 0 Å². The summed E-state index contributed by atoms with van der Waals surface area (Å²) in [5.41, 5.74) is 1.15. The van der Waals surface area contributed by atoms with E-state index in [1.54, 1.807) is 0 Å². The smallest absolute Gasteiger partial charge is 0.155 e. The minimum Gasteiger partial charge on any atom is -0.611 e. The second-order valence-electron chi connectivity index (χ2n) is 6.60. The first-order valence-electron chi connectivity index (χ1n) is 8.87. The van der Waals surface area contributed by atoms with Gasteiger partial charge in [-0.05, 0) is 56.0 Å². The summed E-state index contributed by atoms with van der Waals surface area (Å²) in [7, 11) is 0. The molecule has 0 aliphatic carbocycles. The maximum atomic E-state index is 12.4. The SMILES string of the molecule is CCCCC1CCN(CCC[S+]([O-])c2ccccc2C)CC1. The molecule has 1 atom stereocenters. The van der Waals surface area contributed by atoms with Crippen LogP contribution in [0.3, 0.4) is 0 Å². The Morgan fingerprint density at radius 2 is 1.91 bits per heavy atom. The molecule has 0 spiro atoms. The van der Waals surface area contributed by atoms with Crippen LogP contribution >= 0.6 is 0 Å². The molecule has 0 bridgehead atoms. The van der Waals surface area contributed by atoms with Crippen molar-refractivity contribution in [3.63, 3.8) is 0 Å². The van der Waals surface area contributed by atoms with E-state index in [2.05, 4.69) is 11.8 Å². The highest BCUT2D eigenvalue weighted by atomic mass is 32.2. The zero-order chi connectivity index (χ0) is 15.8. The molecule has 1 aromatic rings. The van der Waals surface area contributed by atoms with Gasteiger partial charge in [-0.3, -0.25) is 0 Å². The van der Waals surface area contributed by atoms with E-state index in [0.29, 0.717) is 0 Å². The van der Waals surface area contributed by atoms with Crippen LogP contribution in [0.1, 0.15) is 51.0 Å². The number of hydrogen-bond donors (Lipinski definition) is 0. The summed E-state index contributed by atoms with van der Waals surface area (Å²) in [6.45, 7) is 7.92. The molecule has 0 aromatic heterocycles.